The molecule has 4 nitrogen and oxygen atoms in total. The highest BCUT2D eigenvalue weighted by Crippen LogP contribution is 2.32. The maximum Gasteiger partial charge on any atom is 0.416 e. The first-order chi connectivity index (χ1) is 9.38. The van der Waals surface area contributed by atoms with Crippen molar-refractivity contribution in [2.75, 3.05) is 24.5 Å². The summed E-state index contributed by atoms with van der Waals surface area (Å²) in [5, 5.41) is 5.84. The Bertz CT molecular complexity index is 490. The van der Waals surface area contributed by atoms with Crippen LogP contribution in [0.5, 0.6) is 0 Å². The van der Waals surface area contributed by atoms with Crippen molar-refractivity contribution in [3.8, 4) is 0 Å². The van der Waals surface area contributed by atoms with Gasteiger partial charge in [0.15, 0.2) is 0 Å². The highest BCUT2D eigenvalue weighted by Gasteiger charge is 2.31. The van der Waals surface area contributed by atoms with E-state index < -0.39 is 11.7 Å². The molecule has 1 aliphatic heterocycles. The molecule has 1 atom stereocenters. The molecule has 1 aromatic rings. The molecule has 1 saturated heterocycles. The van der Waals surface area contributed by atoms with E-state index in [9.17, 15) is 18.0 Å². The molecule has 1 aromatic carbocycles. The molecule has 0 bridgehead atoms. The lowest BCUT2D eigenvalue weighted by Crippen LogP contribution is -2.59. The van der Waals surface area contributed by atoms with Gasteiger partial charge in [0.1, 0.15) is 6.17 Å². The summed E-state index contributed by atoms with van der Waals surface area (Å²) in [4.78, 5) is 12.9. The zero-order chi connectivity index (χ0) is 14.8. The van der Waals surface area contributed by atoms with Gasteiger partial charge in [-0.15, -0.1) is 0 Å². The Hall–Kier alpha value is -1.76. The fourth-order valence-electron chi connectivity index (χ4n) is 2.24. The van der Waals surface area contributed by atoms with E-state index in [-0.39, 0.29) is 12.1 Å². The van der Waals surface area contributed by atoms with Crippen molar-refractivity contribution < 1.29 is 18.0 Å². The quantitative estimate of drug-likeness (QED) is 0.868. The second-order valence-electron chi connectivity index (χ2n) is 4.66. The van der Waals surface area contributed by atoms with Gasteiger partial charge in [0, 0.05) is 32.2 Å². The van der Waals surface area contributed by atoms with Crippen LogP contribution in [-0.2, 0) is 11.0 Å². The van der Waals surface area contributed by atoms with E-state index in [1.165, 1.54) is 13.0 Å². The van der Waals surface area contributed by atoms with E-state index in [1.807, 2.05) is 0 Å². The molecular formula is C13H16F3N3O. The Morgan fingerprint density at radius 2 is 2.20 bits per heavy atom. The number of hydrogen-bond donors (Lipinski definition) is 2. The molecule has 0 aromatic heterocycles. The molecule has 1 heterocycles. The Morgan fingerprint density at radius 1 is 1.45 bits per heavy atom. The van der Waals surface area contributed by atoms with Crippen molar-refractivity contribution in [1.82, 2.24) is 10.6 Å². The Labute approximate surface area is 114 Å². The van der Waals surface area contributed by atoms with E-state index in [0.717, 1.165) is 12.1 Å². The average molecular weight is 287 g/mol. The number of rotatable bonds is 2. The summed E-state index contributed by atoms with van der Waals surface area (Å²) in [6, 6.07) is 5.15. The minimum Gasteiger partial charge on any atom is -0.349 e. The molecule has 1 amide bonds. The maximum absolute atomic E-state index is 12.7. The number of nitrogens with zero attached hydrogens (tertiary/aromatic N) is 1. The number of piperazine rings is 1. The number of carbonyl (C=O) groups excluding carboxylic acids is 1. The first-order valence-corrected chi connectivity index (χ1v) is 6.29. The number of amides is 1. The topological polar surface area (TPSA) is 44.4 Å². The van der Waals surface area contributed by atoms with Crippen molar-refractivity contribution in [2.45, 2.75) is 19.3 Å². The van der Waals surface area contributed by atoms with Crippen LogP contribution in [0.25, 0.3) is 0 Å². The van der Waals surface area contributed by atoms with Crippen LogP contribution >= 0.6 is 0 Å². The van der Waals surface area contributed by atoms with Gasteiger partial charge >= 0.3 is 6.18 Å². The van der Waals surface area contributed by atoms with Crippen molar-refractivity contribution in [3.05, 3.63) is 29.8 Å². The van der Waals surface area contributed by atoms with Crippen LogP contribution in [0.3, 0.4) is 0 Å². The van der Waals surface area contributed by atoms with Crippen molar-refractivity contribution in [3.63, 3.8) is 0 Å². The molecular weight excluding hydrogens is 271 g/mol. The van der Waals surface area contributed by atoms with Gasteiger partial charge in [-0.2, -0.15) is 13.2 Å². The molecule has 1 aliphatic rings. The number of carbonyl (C=O) groups is 1. The van der Waals surface area contributed by atoms with Gasteiger partial charge in [-0.05, 0) is 18.2 Å². The molecule has 0 saturated carbocycles. The van der Waals surface area contributed by atoms with Gasteiger partial charge < -0.3 is 15.5 Å². The summed E-state index contributed by atoms with van der Waals surface area (Å²) < 4.78 is 38.2. The lowest BCUT2D eigenvalue weighted by molar-refractivity contribution is -0.137. The summed E-state index contributed by atoms with van der Waals surface area (Å²) in [5.74, 6) is -0.212. The maximum atomic E-state index is 12.7. The number of alkyl halides is 3. The van der Waals surface area contributed by atoms with Gasteiger partial charge in [-0.3, -0.25) is 4.79 Å². The fourth-order valence-corrected chi connectivity index (χ4v) is 2.24. The zero-order valence-corrected chi connectivity index (χ0v) is 11.0. The lowest BCUT2D eigenvalue weighted by Gasteiger charge is -2.38. The minimum atomic E-state index is -4.37. The summed E-state index contributed by atoms with van der Waals surface area (Å²) in [6.07, 6.45) is -4.71. The predicted octanol–water partition coefficient (Wildman–Crippen LogP) is 1.58. The smallest absolute Gasteiger partial charge is 0.349 e. The van der Waals surface area contributed by atoms with Gasteiger partial charge in [0.05, 0.1) is 5.56 Å². The summed E-state index contributed by atoms with van der Waals surface area (Å²) in [6.45, 7) is 3.08. The minimum absolute atomic E-state index is 0.212. The van der Waals surface area contributed by atoms with Crippen LogP contribution in [0.2, 0.25) is 0 Å². The van der Waals surface area contributed by atoms with Gasteiger partial charge in [0.2, 0.25) is 5.91 Å². The monoisotopic (exact) mass is 287 g/mol. The van der Waals surface area contributed by atoms with Crippen LogP contribution in [0.15, 0.2) is 24.3 Å². The molecule has 7 heteroatoms. The standard InChI is InChI=1S/C13H16F3N3O/c1-9(20)18-12-8-17-5-6-19(12)11-4-2-3-10(7-11)13(14,15)16/h2-4,7,12,17H,5-6,8H2,1H3,(H,18,20). The van der Waals surface area contributed by atoms with Crippen LogP contribution < -0.4 is 15.5 Å². The first-order valence-electron chi connectivity index (χ1n) is 6.29. The third-order valence-electron chi connectivity index (χ3n) is 3.12. The van der Waals surface area contributed by atoms with Gasteiger partial charge in [-0.1, -0.05) is 6.07 Å². The van der Waals surface area contributed by atoms with Gasteiger partial charge in [0.25, 0.3) is 0 Å². The van der Waals surface area contributed by atoms with E-state index >= 15 is 0 Å². The highest BCUT2D eigenvalue weighted by molar-refractivity contribution is 5.74. The van der Waals surface area contributed by atoms with Crippen molar-refractivity contribution >= 4 is 11.6 Å². The van der Waals surface area contributed by atoms with E-state index in [2.05, 4.69) is 10.6 Å². The van der Waals surface area contributed by atoms with Crippen molar-refractivity contribution in [2.24, 2.45) is 0 Å². The predicted molar refractivity (Wildman–Crippen MR) is 69.3 cm³/mol. The van der Waals surface area contributed by atoms with E-state index in [4.69, 9.17) is 0 Å². The summed E-state index contributed by atoms with van der Waals surface area (Å²) in [5.41, 5.74) is -0.227. The molecule has 2 N–H and O–H groups in total. The molecule has 0 radical (unpaired) electrons. The Balaban J connectivity index is 2.26. The first kappa shape index (κ1) is 14.6. The zero-order valence-electron chi connectivity index (χ0n) is 11.0. The number of anilines is 1. The highest BCUT2D eigenvalue weighted by atomic mass is 19.4. The molecule has 0 aliphatic carbocycles. The van der Waals surface area contributed by atoms with E-state index in [1.54, 1.807) is 11.0 Å². The van der Waals surface area contributed by atoms with Crippen LogP contribution in [-0.4, -0.2) is 31.7 Å². The fraction of sp³-hybridized carbons (Fsp3) is 0.462. The average Bonchev–Trinajstić information content (AvgIpc) is 2.38. The third kappa shape index (κ3) is 3.41. The molecule has 1 unspecified atom stereocenters. The van der Waals surface area contributed by atoms with E-state index in [0.29, 0.717) is 25.3 Å². The second kappa shape index (κ2) is 5.70. The second-order valence-corrected chi connectivity index (χ2v) is 4.66. The van der Waals surface area contributed by atoms with Crippen LogP contribution in [0.4, 0.5) is 18.9 Å². The largest absolute Gasteiger partial charge is 0.416 e. The van der Waals surface area contributed by atoms with Crippen LogP contribution in [0, 0.1) is 0 Å². The molecule has 110 valence electrons. The van der Waals surface area contributed by atoms with Gasteiger partial charge in [-0.25, -0.2) is 0 Å². The Morgan fingerprint density at radius 3 is 2.85 bits per heavy atom. The number of nitrogens with one attached hydrogen (secondary N) is 2. The number of halogens is 3. The summed E-state index contributed by atoms with van der Waals surface area (Å²) in [7, 11) is 0. The number of benzene rings is 1. The van der Waals surface area contributed by atoms with Crippen LogP contribution in [0.1, 0.15) is 12.5 Å². The molecule has 20 heavy (non-hydrogen) atoms. The normalized spacial score (nSPS) is 19.8. The SMILES string of the molecule is CC(=O)NC1CNCCN1c1cccc(C(F)(F)F)c1. The third-order valence-corrected chi connectivity index (χ3v) is 3.12. The lowest BCUT2D eigenvalue weighted by atomic mass is 10.1. The molecule has 1 fully saturated rings. The Kier molecular flexibility index (Phi) is 4.17. The molecule has 0 spiro atoms. The van der Waals surface area contributed by atoms with Crippen molar-refractivity contribution in [1.29, 1.82) is 0 Å². The number of hydrogen-bond acceptors (Lipinski definition) is 3. The summed E-state index contributed by atoms with van der Waals surface area (Å²) >= 11 is 0. The molecule has 2 rings (SSSR count).